The number of hydrogen-bond donors (Lipinski definition) is 0. The van der Waals surface area contributed by atoms with Gasteiger partial charge in [0.05, 0.1) is 0 Å². The summed E-state index contributed by atoms with van der Waals surface area (Å²) in [6, 6.07) is 29.3. The molecule has 3 aromatic carbocycles. The lowest BCUT2D eigenvalue weighted by atomic mass is 9.75. The average Bonchev–Trinajstić information content (AvgIpc) is 2.90. The van der Waals surface area contributed by atoms with E-state index in [-0.39, 0.29) is 0 Å². The van der Waals surface area contributed by atoms with Crippen molar-refractivity contribution in [3.63, 3.8) is 0 Å². The van der Waals surface area contributed by atoms with E-state index in [9.17, 15) is 0 Å². The van der Waals surface area contributed by atoms with Gasteiger partial charge in [-0.15, -0.1) is 0 Å². The Balaban J connectivity index is 1.25. The van der Waals surface area contributed by atoms with Crippen LogP contribution in [0, 0.1) is 5.92 Å². The second-order valence-electron chi connectivity index (χ2n) is 10.1. The number of benzene rings is 3. The maximum absolute atomic E-state index is 2.40. The molecule has 0 saturated heterocycles. The van der Waals surface area contributed by atoms with Crippen molar-refractivity contribution >= 4 is 12.2 Å². The molecule has 176 valence electrons. The first-order valence-corrected chi connectivity index (χ1v) is 13.2. The highest BCUT2D eigenvalue weighted by molar-refractivity contribution is 5.69. The van der Waals surface area contributed by atoms with Crippen LogP contribution in [0.3, 0.4) is 0 Å². The van der Waals surface area contributed by atoms with E-state index in [2.05, 4.69) is 117 Å². The van der Waals surface area contributed by atoms with Crippen LogP contribution in [-0.4, -0.2) is 0 Å². The standard InChI is InChI=1S/C34H40/c1-3-4-6-9-28-12-14-29(15-13-28)16-17-30-18-22-33(23-19-30)34-24-20-31(21-25-34)26-27(2)32-10-7-5-8-11-32/h3-5,7-8,10-19,22-23,27,31,34H,6,9,20-21,24-26H2,1-2H3/t27-,31?,34?/m0/s1. The number of allylic oxidation sites excluding steroid dienone is 2. The maximum Gasteiger partial charge on any atom is -0.0162 e. The van der Waals surface area contributed by atoms with E-state index in [0.717, 1.165) is 24.7 Å². The molecular weight excluding hydrogens is 408 g/mol. The van der Waals surface area contributed by atoms with Crippen molar-refractivity contribution < 1.29 is 0 Å². The molecule has 1 saturated carbocycles. The fourth-order valence-electron chi connectivity index (χ4n) is 5.43. The Bertz CT molecular complexity index is 1030. The van der Waals surface area contributed by atoms with Gasteiger partial charge in [-0.1, -0.05) is 110 Å². The van der Waals surface area contributed by atoms with Crippen molar-refractivity contribution in [1.82, 2.24) is 0 Å². The van der Waals surface area contributed by atoms with Crippen molar-refractivity contribution in [3.05, 3.63) is 119 Å². The Kier molecular flexibility index (Phi) is 8.97. The minimum absolute atomic E-state index is 0.670. The van der Waals surface area contributed by atoms with Crippen LogP contribution in [0.2, 0.25) is 0 Å². The van der Waals surface area contributed by atoms with E-state index in [0.29, 0.717) is 5.92 Å². The van der Waals surface area contributed by atoms with Gasteiger partial charge in [0.15, 0.2) is 0 Å². The highest BCUT2D eigenvalue weighted by atomic mass is 14.3. The van der Waals surface area contributed by atoms with Crippen LogP contribution in [0.4, 0.5) is 0 Å². The molecule has 0 heterocycles. The van der Waals surface area contributed by atoms with Crippen LogP contribution in [0.25, 0.3) is 12.2 Å². The van der Waals surface area contributed by atoms with E-state index in [1.165, 1.54) is 59.9 Å². The Morgan fingerprint density at radius 3 is 2.00 bits per heavy atom. The van der Waals surface area contributed by atoms with Crippen molar-refractivity contribution in [1.29, 1.82) is 0 Å². The van der Waals surface area contributed by atoms with Crippen molar-refractivity contribution in [2.75, 3.05) is 0 Å². The molecule has 0 amide bonds. The number of hydrogen-bond acceptors (Lipinski definition) is 0. The summed E-state index contributed by atoms with van der Waals surface area (Å²) in [5.74, 6) is 2.28. The summed E-state index contributed by atoms with van der Waals surface area (Å²) in [4.78, 5) is 0. The van der Waals surface area contributed by atoms with Crippen LogP contribution in [0.15, 0.2) is 91.0 Å². The van der Waals surface area contributed by atoms with Gasteiger partial charge >= 0.3 is 0 Å². The van der Waals surface area contributed by atoms with Crippen molar-refractivity contribution in [3.8, 4) is 0 Å². The van der Waals surface area contributed by atoms with Gasteiger partial charge in [0.2, 0.25) is 0 Å². The second-order valence-corrected chi connectivity index (χ2v) is 10.1. The molecule has 0 heteroatoms. The fraction of sp³-hybridized carbons (Fsp3) is 0.353. The van der Waals surface area contributed by atoms with Gasteiger partial charge in [-0.2, -0.15) is 0 Å². The predicted molar refractivity (Wildman–Crippen MR) is 149 cm³/mol. The monoisotopic (exact) mass is 448 g/mol. The molecule has 0 aliphatic heterocycles. The summed E-state index contributed by atoms with van der Waals surface area (Å²) in [5.41, 5.74) is 6.97. The molecule has 34 heavy (non-hydrogen) atoms. The molecule has 0 nitrogen and oxygen atoms in total. The summed E-state index contributed by atoms with van der Waals surface area (Å²) in [6.07, 6.45) is 17.8. The third-order valence-electron chi connectivity index (χ3n) is 7.59. The van der Waals surface area contributed by atoms with E-state index in [4.69, 9.17) is 0 Å². The molecular formula is C34H40. The molecule has 4 rings (SSSR count). The molecule has 0 aromatic heterocycles. The molecule has 0 unspecified atom stereocenters. The Morgan fingerprint density at radius 2 is 1.38 bits per heavy atom. The lowest BCUT2D eigenvalue weighted by Gasteiger charge is -2.30. The predicted octanol–water partition coefficient (Wildman–Crippen LogP) is 9.83. The topological polar surface area (TPSA) is 0 Å². The van der Waals surface area contributed by atoms with Gasteiger partial charge in [-0.05, 0) is 97.4 Å². The first-order valence-electron chi connectivity index (χ1n) is 13.2. The molecule has 0 bridgehead atoms. The molecule has 0 spiro atoms. The quantitative estimate of drug-likeness (QED) is 0.226. The Labute approximate surface area is 207 Å². The summed E-state index contributed by atoms with van der Waals surface area (Å²) in [5, 5.41) is 0. The number of rotatable bonds is 9. The third kappa shape index (κ3) is 7.07. The molecule has 3 aromatic rings. The van der Waals surface area contributed by atoms with Gasteiger partial charge in [-0.25, -0.2) is 0 Å². The van der Waals surface area contributed by atoms with E-state index in [1.54, 1.807) is 0 Å². The minimum atomic E-state index is 0.670. The van der Waals surface area contributed by atoms with E-state index in [1.807, 2.05) is 0 Å². The van der Waals surface area contributed by atoms with Gasteiger partial charge < -0.3 is 0 Å². The molecule has 1 aliphatic carbocycles. The van der Waals surface area contributed by atoms with Crippen LogP contribution in [0.5, 0.6) is 0 Å². The van der Waals surface area contributed by atoms with Crippen LogP contribution in [-0.2, 0) is 6.42 Å². The molecule has 0 N–H and O–H groups in total. The largest absolute Gasteiger partial charge is 0.0917 e. The summed E-state index contributed by atoms with van der Waals surface area (Å²) < 4.78 is 0. The molecule has 1 fully saturated rings. The zero-order chi connectivity index (χ0) is 23.6. The molecule has 1 atom stereocenters. The smallest absolute Gasteiger partial charge is 0.0162 e. The molecule has 1 aliphatic rings. The van der Waals surface area contributed by atoms with Crippen molar-refractivity contribution in [2.24, 2.45) is 5.92 Å². The summed E-state index contributed by atoms with van der Waals surface area (Å²) in [6.45, 7) is 4.48. The van der Waals surface area contributed by atoms with E-state index < -0.39 is 0 Å². The van der Waals surface area contributed by atoms with E-state index >= 15 is 0 Å². The van der Waals surface area contributed by atoms with Gasteiger partial charge in [0, 0.05) is 0 Å². The first kappa shape index (κ1) is 24.3. The van der Waals surface area contributed by atoms with Crippen LogP contribution < -0.4 is 0 Å². The second kappa shape index (κ2) is 12.6. The first-order chi connectivity index (χ1) is 16.7. The minimum Gasteiger partial charge on any atom is -0.0917 e. The Hall–Kier alpha value is -2.86. The van der Waals surface area contributed by atoms with Gasteiger partial charge in [0.1, 0.15) is 0 Å². The lowest BCUT2D eigenvalue weighted by Crippen LogP contribution is -2.15. The van der Waals surface area contributed by atoms with Crippen molar-refractivity contribution in [2.45, 2.75) is 70.6 Å². The third-order valence-corrected chi connectivity index (χ3v) is 7.59. The lowest BCUT2D eigenvalue weighted by molar-refractivity contribution is 0.297. The van der Waals surface area contributed by atoms with Gasteiger partial charge in [0.25, 0.3) is 0 Å². The maximum atomic E-state index is 2.40. The highest BCUT2D eigenvalue weighted by Crippen LogP contribution is 2.39. The van der Waals surface area contributed by atoms with Gasteiger partial charge in [-0.3, -0.25) is 0 Å². The summed E-state index contributed by atoms with van der Waals surface area (Å²) >= 11 is 0. The number of aryl methyl sites for hydroxylation is 1. The van der Waals surface area contributed by atoms with Crippen LogP contribution in [0.1, 0.15) is 92.0 Å². The normalized spacial score (nSPS) is 19.6. The molecule has 0 radical (unpaired) electrons. The summed E-state index contributed by atoms with van der Waals surface area (Å²) in [7, 11) is 0. The Morgan fingerprint density at radius 1 is 0.765 bits per heavy atom. The zero-order valence-corrected chi connectivity index (χ0v) is 21.0. The highest BCUT2D eigenvalue weighted by Gasteiger charge is 2.24. The van der Waals surface area contributed by atoms with Crippen LogP contribution >= 0.6 is 0 Å². The fourth-order valence-corrected chi connectivity index (χ4v) is 5.43. The SMILES string of the molecule is CC=CCCc1ccc(C=Cc2ccc(C3CCC(C[C@H](C)c4ccccc4)CC3)cc2)cc1. The average molecular weight is 449 g/mol. The zero-order valence-electron chi connectivity index (χ0n) is 21.0.